The van der Waals surface area contributed by atoms with E-state index in [-0.39, 0.29) is 22.9 Å². The van der Waals surface area contributed by atoms with E-state index in [2.05, 4.69) is 5.32 Å². The molecule has 1 amide bonds. The average Bonchev–Trinajstić information content (AvgIpc) is 3.06. The minimum Gasteiger partial charge on any atom is -0.383 e. The number of carbonyl (C=O) groups is 1. The van der Waals surface area contributed by atoms with Crippen molar-refractivity contribution in [2.24, 2.45) is 5.14 Å². The SMILES string of the molecule is COCC(C)NC(=O)c1cc(S(N)(=O)=O)cn1C1CC1. The molecule has 1 saturated carbocycles. The minimum absolute atomic E-state index is 0.0334. The molecule has 7 nitrogen and oxygen atoms in total. The molecule has 1 aliphatic carbocycles. The van der Waals surface area contributed by atoms with Crippen LogP contribution in [0.5, 0.6) is 0 Å². The topological polar surface area (TPSA) is 103 Å². The van der Waals surface area contributed by atoms with E-state index in [0.29, 0.717) is 12.3 Å². The summed E-state index contributed by atoms with van der Waals surface area (Å²) in [5.74, 6) is -0.323. The molecule has 1 aromatic heterocycles. The van der Waals surface area contributed by atoms with Crippen LogP contribution in [0.3, 0.4) is 0 Å². The molecule has 1 aliphatic rings. The van der Waals surface area contributed by atoms with Gasteiger partial charge in [-0.05, 0) is 25.8 Å². The van der Waals surface area contributed by atoms with Crippen molar-refractivity contribution in [2.45, 2.75) is 36.7 Å². The van der Waals surface area contributed by atoms with Gasteiger partial charge in [0.2, 0.25) is 10.0 Å². The standard InChI is InChI=1S/C12H19N3O4S/c1-8(7-19-2)14-12(16)11-5-10(20(13,17)18)6-15(11)9-3-4-9/h5-6,8-9H,3-4,7H2,1-2H3,(H,14,16)(H2,13,17,18). The van der Waals surface area contributed by atoms with Gasteiger partial charge in [-0.3, -0.25) is 4.79 Å². The maximum absolute atomic E-state index is 12.2. The van der Waals surface area contributed by atoms with Crippen molar-refractivity contribution in [1.29, 1.82) is 0 Å². The van der Waals surface area contributed by atoms with Crippen LogP contribution in [-0.2, 0) is 14.8 Å². The molecule has 3 N–H and O–H groups in total. The van der Waals surface area contributed by atoms with E-state index < -0.39 is 10.0 Å². The molecule has 0 aromatic carbocycles. The van der Waals surface area contributed by atoms with Gasteiger partial charge < -0.3 is 14.6 Å². The van der Waals surface area contributed by atoms with Gasteiger partial charge in [-0.2, -0.15) is 0 Å². The van der Waals surface area contributed by atoms with Crippen LogP contribution in [0.25, 0.3) is 0 Å². The van der Waals surface area contributed by atoms with Crippen LogP contribution in [-0.4, -0.2) is 38.7 Å². The summed E-state index contributed by atoms with van der Waals surface area (Å²) in [6.07, 6.45) is 3.31. The third kappa shape index (κ3) is 3.38. The molecule has 0 radical (unpaired) electrons. The summed E-state index contributed by atoms with van der Waals surface area (Å²) in [7, 11) is -2.26. The molecule has 1 unspecified atom stereocenters. The lowest BCUT2D eigenvalue weighted by molar-refractivity contribution is 0.0896. The fraction of sp³-hybridized carbons (Fsp3) is 0.583. The number of nitrogens with zero attached hydrogens (tertiary/aromatic N) is 1. The van der Waals surface area contributed by atoms with E-state index in [1.54, 1.807) is 11.7 Å². The van der Waals surface area contributed by atoms with Crippen LogP contribution in [0.15, 0.2) is 17.2 Å². The number of carbonyl (C=O) groups excluding carboxylic acids is 1. The Hall–Kier alpha value is -1.38. The van der Waals surface area contributed by atoms with Crippen molar-refractivity contribution in [2.75, 3.05) is 13.7 Å². The summed E-state index contributed by atoms with van der Waals surface area (Å²) in [6, 6.07) is 1.35. The Morgan fingerprint density at radius 3 is 2.75 bits per heavy atom. The van der Waals surface area contributed by atoms with E-state index in [0.717, 1.165) is 12.8 Å². The monoisotopic (exact) mass is 301 g/mol. The molecule has 0 bridgehead atoms. The Bertz CT molecular complexity index is 604. The highest BCUT2D eigenvalue weighted by Gasteiger charge is 2.30. The van der Waals surface area contributed by atoms with Crippen LogP contribution >= 0.6 is 0 Å². The van der Waals surface area contributed by atoms with Crippen molar-refractivity contribution < 1.29 is 17.9 Å². The second kappa shape index (κ2) is 5.55. The van der Waals surface area contributed by atoms with E-state index in [4.69, 9.17) is 9.88 Å². The van der Waals surface area contributed by atoms with Gasteiger partial charge in [0, 0.05) is 25.4 Å². The zero-order chi connectivity index (χ0) is 14.9. The number of hydrogen-bond acceptors (Lipinski definition) is 4. The van der Waals surface area contributed by atoms with Gasteiger partial charge in [0.25, 0.3) is 5.91 Å². The number of sulfonamides is 1. The fourth-order valence-corrected chi connectivity index (χ4v) is 2.57. The normalized spacial score (nSPS) is 16.9. The van der Waals surface area contributed by atoms with Gasteiger partial charge in [0.05, 0.1) is 6.61 Å². The Labute approximate surface area is 118 Å². The third-order valence-electron chi connectivity index (χ3n) is 3.12. The highest BCUT2D eigenvalue weighted by atomic mass is 32.2. The van der Waals surface area contributed by atoms with Crippen molar-refractivity contribution in [3.8, 4) is 0 Å². The molecule has 1 heterocycles. The van der Waals surface area contributed by atoms with Crippen LogP contribution < -0.4 is 10.5 Å². The van der Waals surface area contributed by atoms with Crippen LogP contribution in [0, 0.1) is 0 Å². The lowest BCUT2D eigenvalue weighted by Crippen LogP contribution is -2.36. The second-order valence-corrected chi connectivity index (χ2v) is 6.64. The average molecular weight is 301 g/mol. The first kappa shape index (κ1) is 15.0. The number of amides is 1. The summed E-state index contributed by atoms with van der Waals surface area (Å²) < 4.78 is 29.4. The van der Waals surface area contributed by atoms with E-state index in [1.165, 1.54) is 12.3 Å². The number of methoxy groups -OCH3 is 1. The summed E-state index contributed by atoms with van der Waals surface area (Å²) in [5.41, 5.74) is 0.319. The Kier molecular flexibility index (Phi) is 4.17. The lowest BCUT2D eigenvalue weighted by Gasteiger charge is -2.14. The highest BCUT2D eigenvalue weighted by molar-refractivity contribution is 7.89. The third-order valence-corrected chi connectivity index (χ3v) is 4.00. The van der Waals surface area contributed by atoms with Crippen LogP contribution in [0.2, 0.25) is 0 Å². The van der Waals surface area contributed by atoms with Gasteiger partial charge in [-0.25, -0.2) is 13.6 Å². The predicted molar refractivity (Wildman–Crippen MR) is 72.9 cm³/mol. The molecule has 112 valence electrons. The molecule has 8 heteroatoms. The Balaban J connectivity index is 2.25. The Morgan fingerprint density at radius 1 is 1.60 bits per heavy atom. The molecule has 1 fully saturated rings. The molecular weight excluding hydrogens is 282 g/mol. The second-order valence-electron chi connectivity index (χ2n) is 5.07. The van der Waals surface area contributed by atoms with Crippen LogP contribution in [0.4, 0.5) is 0 Å². The molecule has 20 heavy (non-hydrogen) atoms. The van der Waals surface area contributed by atoms with Gasteiger partial charge in [0.15, 0.2) is 0 Å². The summed E-state index contributed by atoms with van der Waals surface area (Å²) in [4.78, 5) is 12.2. The number of rotatable bonds is 6. The fourth-order valence-electron chi connectivity index (χ4n) is 2.04. The number of primary sulfonamides is 1. The van der Waals surface area contributed by atoms with Crippen LogP contribution in [0.1, 0.15) is 36.3 Å². The molecule has 0 saturated heterocycles. The quantitative estimate of drug-likeness (QED) is 0.785. The van der Waals surface area contributed by atoms with E-state index in [9.17, 15) is 13.2 Å². The number of nitrogens with two attached hydrogens (primary N) is 1. The minimum atomic E-state index is -3.81. The van der Waals surface area contributed by atoms with E-state index >= 15 is 0 Å². The Morgan fingerprint density at radius 2 is 2.25 bits per heavy atom. The number of aromatic nitrogens is 1. The van der Waals surface area contributed by atoms with Crippen molar-refractivity contribution >= 4 is 15.9 Å². The summed E-state index contributed by atoms with van der Waals surface area (Å²) in [5, 5.41) is 7.88. The number of nitrogens with one attached hydrogen (secondary N) is 1. The molecule has 1 aromatic rings. The number of ether oxygens (including phenoxy) is 1. The van der Waals surface area contributed by atoms with Crippen molar-refractivity contribution in [1.82, 2.24) is 9.88 Å². The van der Waals surface area contributed by atoms with Gasteiger partial charge in [-0.1, -0.05) is 0 Å². The number of hydrogen-bond donors (Lipinski definition) is 2. The van der Waals surface area contributed by atoms with Crippen molar-refractivity contribution in [3.63, 3.8) is 0 Å². The maximum atomic E-state index is 12.2. The zero-order valence-corrected chi connectivity index (χ0v) is 12.3. The van der Waals surface area contributed by atoms with E-state index in [1.807, 2.05) is 6.92 Å². The smallest absolute Gasteiger partial charge is 0.268 e. The summed E-state index contributed by atoms with van der Waals surface area (Å²) >= 11 is 0. The molecule has 1 atom stereocenters. The largest absolute Gasteiger partial charge is 0.383 e. The maximum Gasteiger partial charge on any atom is 0.268 e. The molecule has 0 aliphatic heterocycles. The summed E-state index contributed by atoms with van der Waals surface area (Å²) in [6.45, 7) is 2.20. The first-order valence-electron chi connectivity index (χ1n) is 6.37. The molecule has 0 spiro atoms. The predicted octanol–water partition coefficient (Wildman–Crippen LogP) is 0.235. The van der Waals surface area contributed by atoms with Crippen molar-refractivity contribution in [3.05, 3.63) is 18.0 Å². The first-order valence-corrected chi connectivity index (χ1v) is 7.92. The molecular formula is C12H19N3O4S. The lowest BCUT2D eigenvalue weighted by atomic mass is 10.3. The van der Waals surface area contributed by atoms with Gasteiger partial charge in [-0.15, -0.1) is 0 Å². The van der Waals surface area contributed by atoms with Gasteiger partial charge >= 0.3 is 0 Å². The highest BCUT2D eigenvalue weighted by Crippen LogP contribution is 2.37. The molecule has 2 rings (SSSR count). The van der Waals surface area contributed by atoms with Gasteiger partial charge in [0.1, 0.15) is 10.6 Å². The zero-order valence-electron chi connectivity index (χ0n) is 11.5. The first-order chi connectivity index (χ1) is 9.32.